The predicted molar refractivity (Wildman–Crippen MR) is 125 cm³/mol. The first-order chi connectivity index (χ1) is 16.4. The van der Waals surface area contributed by atoms with Gasteiger partial charge in [-0.15, -0.1) is 0 Å². The lowest BCUT2D eigenvalue weighted by Gasteiger charge is -2.36. The fourth-order valence-electron chi connectivity index (χ4n) is 4.13. The summed E-state index contributed by atoms with van der Waals surface area (Å²) >= 11 is 0. The molecule has 0 amide bonds. The molecule has 2 aromatic carbocycles. The zero-order valence-corrected chi connectivity index (χ0v) is 19.1. The number of halogens is 3. The molecule has 9 heteroatoms. The average molecular weight is 475 g/mol. The molecule has 1 fully saturated rings. The van der Waals surface area contributed by atoms with Crippen LogP contribution in [0.4, 0.5) is 18.9 Å². The van der Waals surface area contributed by atoms with Gasteiger partial charge >= 0.3 is 6.18 Å². The largest absolute Gasteiger partial charge is 0.496 e. The average Bonchev–Trinajstić information content (AvgIpc) is 3.32. The van der Waals surface area contributed by atoms with E-state index >= 15 is 0 Å². The van der Waals surface area contributed by atoms with Crippen molar-refractivity contribution in [1.82, 2.24) is 15.4 Å². The molecule has 34 heavy (non-hydrogen) atoms. The summed E-state index contributed by atoms with van der Waals surface area (Å²) in [7, 11) is 1.63. The quantitative estimate of drug-likeness (QED) is 0.455. The van der Waals surface area contributed by atoms with Gasteiger partial charge in [0.1, 0.15) is 11.4 Å². The minimum atomic E-state index is -4.31. The number of benzene rings is 2. The molecule has 4 rings (SSSR count). The number of rotatable bonds is 9. The van der Waals surface area contributed by atoms with E-state index in [-0.39, 0.29) is 0 Å². The monoisotopic (exact) mass is 474 g/mol. The topological polar surface area (TPSA) is 53.8 Å². The Morgan fingerprint density at radius 2 is 1.82 bits per heavy atom. The number of alkyl halides is 3. The highest BCUT2D eigenvalue weighted by atomic mass is 19.4. The second-order valence-corrected chi connectivity index (χ2v) is 8.29. The lowest BCUT2D eigenvalue weighted by molar-refractivity contribution is -0.137. The first-order valence-electron chi connectivity index (χ1n) is 11.4. The Kier molecular flexibility index (Phi) is 7.74. The van der Waals surface area contributed by atoms with Crippen LogP contribution in [-0.2, 0) is 12.7 Å². The van der Waals surface area contributed by atoms with Gasteiger partial charge in [0, 0.05) is 43.5 Å². The van der Waals surface area contributed by atoms with Gasteiger partial charge in [-0.2, -0.15) is 13.2 Å². The maximum Gasteiger partial charge on any atom is 0.416 e. The van der Waals surface area contributed by atoms with E-state index in [4.69, 9.17) is 9.26 Å². The molecule has 1 aliphatic heterocycles. The smallest absolute Gasteiger partial charge is 0.416 e. The van der Waals surface area contributed by atoms with Gasteiger partial charge in [-0.1, -0.05) is 23.4 Å². The van der Waals surface area contributed by atoms with Gasteiger partial charge in [0.25, 0.3) is 0 Å². The standard InChI is InChI=1S/C25H29F3N4O2/c1-33-24-9-3-2-8-22(24)23-17-21(34-30-23)18-29-10-5-11-31-12-14-32(15-13-31)20-7-4-6-19(16-20)25(26,27)28/h2-4,6-9,16-17,29H,5,10-15,18H2,1H3. The highest BCUT2D eigenvalue weighted by Gasteiger charge is 2.31. The molecular weight excluding hydrogens is 445 g/mol. The van der Waals surface area contributed by atoms with Crippen molar-refractivity contribution in [1.29, 1.82) is 0 Å². The molecule has 182 valence electrons. The summed E-state index contributed by atoms with van der Waals surface area (Å²) in [6.45, 7) is 5.47. The number of piperazine rings is 1. The summed E-state index contributed by atoms with van der Waals surface area (Å²) in [5.41, 5.74) is 1.67. The molecule has 0 unspecified atom stereocenters. The molecular formula is C25H29F3N4O2. The third-order valence-corrected chi connectivity index (χ3v) is 5.98. The number of methoxy groups -OCH3 is 1. The highest BCUT2D eigenvalue weighted by Crippen LogP contribution is 2.32. The maximum absolute atomic E-state index is 13.0. The second kappa shape index (κ2) is 10.9. The van der Waals surface area contributed by atoms with E-state index < -0.39 is 11.7 Å². The third kappa shape index (κ3) is 6.09. The molecule has 1 aromatic heterocycles. The Hall–Kier alpha value is -3.04. The van der Waals surface area contributed by atoms with Crippen molar-refractivity contribution < 1.29 is 22.4 Å². The van der Waals surface area contributed by atoms with Crippen LogP contribution >= 0.6 is 0 Å². The molecule has 0 atom stereocenters. The van der Waals surface area contributed by atoms with Crippen LogP contribution in [0.1, 0.15) is 17.7 Å². The molecule has 1 saturated heterocycles. The van der Waals surface area contributed by atoms with Crippen molar-refractivity contribution in [2.24, 2.45) is 0 Å². The Balaban J connectivity index is 1.16. The molecule has 3 aromatic rings. The van der Waals surface area contributed by atoms with Crippen LogP contribution in [0.5, 0.6) is 5.75 Å². The minimum Gasteiger partial charge on any atom is -0.496 e. The lowest BCUT2D eigenvalue weighted by Crippen LogP contribution is -2.47. The molecule has 1 aliphatic rings. The molecule has 0 radical (unpaired) electrons. The number of hydrogen-bond donors (Lipinski definition) is 1. The predicted octanol–water partition coefficient (Wildman–Crippen LogP) is 4.67. The summed E-state index contributed by atoms with van der Waals surface area (Å²) < 4.78 is 49.7. The van der Waals surface area contributed by atoms with Crippen LogP contribution in [0.25, 0.3) is 11.3 Å². The van der Waals surface area contributed by atoms with Gasteiger partial charge in [0.2, 0.25) is 0 Å². The van der Waals surface area contributed by atoms with Crippen LogP contribution in [0.15, 0.2) is 59.1 Å². The Morgan fingerprint density at radius 1 is 1.03 bits per heavy atom. The minimum absolute atomic E-state index is 0.589. The highest BCUT2D eigenvalue weighted by molar-refractivity contribution is 5.66. The van der Waals surface area contributed by atoms with Crippen molar-refractivity contribution >= 4 is 5.69 Å². The van der Waals surface area contributed by atoms with Crippen LogP contribution in [0, 0.1) is 0 Å². The van der Waals surface area contributed by atoms with E-state index in [0.717, 1.165) is 74.5 Å². The van der Waals surface area contributed by atoms with Crippen molar-refractivity contribution in [3.05, 3.63) is 65.9 Å². The van der Waals surface area contributed by atoms with Gasteiger partial charge in [-0.05, 0) is 49.8 Å². The van der Waals surface area contributed by atoms with Crippen LogP contribution in [-0.4, -0.2) is 56.4 Å². The molecule has 6 nitrogen and oxygen atoms in total. The fraction of sp³-hybridized carbons (Fsp3) is 0.400. The number of para-hydroxylation sites is 1. The van der Waals surface area contributed by atoms with Crippen LogP contribution in [0.2, 0.25) is 0 Å². The van der Waals surface area contributed by atoms with Gasteiger partial charge in [-0.25, -0.2) is 0 Å². The Labute approximate surface area is 197 Å². The van der Waals surface area contributed by atoms with Crippen molar-refractivity contribution in [3.63, 3.8) is 0 Å². The zero-order chi connectivity index (χ0) is 24.0. The van der Waals surface area contributed by atoms with E-state index in [1.165, 1.54) is 12.1 Å². The summed E-state index contributed by atoms with van der Waals surface area (Å²) in [5.74, 6) is 1.51. The third-order valence-electron chi connectivity index (χ3n) is 5.98. The number of anilines is 1. The number of nitrogens with one attached hydrogen (secondary N) is 1. The van der Waals surface area contributed by atoms with Crippen molar-refractivity contribution in [3.8, 4) is 17.0 Å². The van der Waals surface area contributed by atoms with Gasteiger partial charge < -0.3 is 19.5 Å². The number of ether oxygens (including phenoxy) is 1. The zero-order valence-electron chi connectivity index (χ0n) is 19.1. The maximum atomic E-state index is 13.0. The molecule has 0 saturated carbocycles. The Morgan fingerprint density at radius 3 is 2.59 bits per heavy atom. The number of nitrogens with zero attached hydrogens (tertiary/aromatic N) is 3. The van der Waals surface area contributed by atoms with E-state index in [1.54, 1.807) is 13.2 Å². The van der Waals surface area contributed by atoms with Crippen LogP contribution in [0.3, 0.4) is 0 Å². The normalized spacial score (nSPS) is 15.0. The van der Waals surface area contributed by atoms with Gasteiger partial charge in [0.05, 0.1) is 19.2 Å². The van der Waals surface area contributed by atoms with Crippen LogP contribution < -0.4 is 15.0 Å². The fourth-order valence-corrected chi connectivity index (χ4v) is 4.13. The summed E-state index contributed by atoms with van der Waals surface area (Å²) in [6.07, 6.45) is -3.34. The number of hydrogen-bond acceptors (Lipinski definition) is 6. The molecule has 0 aliphatic carbocycles. The number of aromatic nitrogens is 1. The first kappa shape index (κ1) is 24.1. The second-order valence-electron chi connectivity index (χ2n) is 8.29. The molecule has 2 heterocycles. The van der Waals surface area contributed by atoms with E-state index in [9.17, 15) is 13.2 Å². The molecule has 0 spiro atoms. The van der Waals surface area contributed by atoms with Gasteiger partial charge in [-0.3, -0.25) is 4.90 Å². The molecule has 0 bridgehead atoms. The van der Waals surface area contributed by atoms with Gasteiger partial charge in [0.15, 0.2) is 5.76 Å². The lowest BCUT2D eigenvalue weighted by atomic mass is 10.1. The summed E-state index contributed by atoms with van der Waals surface area (Å²) in [4.78, 5) is 4.37. The SMILES string of the molecule is COc1ccccc1-c1cc(CNCCCN2CCN(c3cccc(C(F)(F)F)c3)CC2)on1. The summed E-state index contributed by atoms with van der Waals surface area (Å²) in [5, 5.41) is 7.53. The molecule has 1 N–H and O–H groups in total. The van der Waals surface area contributed by atoms with E-state index in [0.29, 0.717) is 12.2 Å². The first-order valence-corrected chi connectivity index (χ1v) is 11.4. The summed E-state index contributed by atoms with van der Waals surface area (Å²) in [6, 6.07) is 15.2. The Bertz CT molecular complexity index is 1060. The van der Waals surface area contributed by atoms with E-state index in [2.05, 4.69) is 15.4 Å². The van der Waals surface area contributed by atoms with E-state index in [1.807, 2.05) is 35.2 Å². The van der Waals surface area contributed by atoms with Crippen molar-refractivity contribution in [2.45, 2.75) is 19.1 Å². The van der Waals surface area contributed by atoms with Crippen molar-refractivity contribution in [2.75, 3.05) is 51.3 Å².